The highest BCUT2D eigenvalue weighted by molar-refractivity contribution is 5.91. The third-order valence-electron chi connectivity index (χ3n) is 4.22. The van der Waals surface area contributed by atoms with Gasteiger partial charge < -0.3 is 15.2 Å². The number of nitrogens with one attached hydrogen (secondary N) is 1. The predicted molar refractivity (Wildman–Crippen MR) is 78.4 cm³/mol. The Kier molecular flexibility index (Phi) is 4.50. The van der Waals surface area contributed by atoms with Crippen molar-refractivity contribution in [2.75, 3.05) is 7.11 Å². The second-order valence-corrected chi connectivity index (χ2v) is 5.46. The van der Waals surface area contributed by atoms with Gasteiger partial charge in [-0.25, -0.2) is 4.79 Å². The first-order valence-corrected chi connectivity index (χ1v) is 7.22. The molecule has 1 fully saturated rings. The van der Waals surface area contributed by atoms with Gasteiger partial charge in [-0.2, -0.15) is 0 Å². The zero-order valence-electron chi connectivity index (χ0n) is 12.4. The first-order chi connectivity index (χ1) is 10.0. The number of methoxy groups -OCH3 is 1. The van der Waals surface area contributed by atoms with E-state index in [0.717, 1.165) is 17.7 Å². The number of aliphatic carboxylic acids is 1. The van der Waals surface area contributed by atoms with Gasteiger partial charge in [0.15, 0.2) is 0 Å². The molecule has 21 heavy (non-hydrogen) atoms. The maximum atomic E-state index is 12.4. The number of ether oxygens (including phenoxy) is 1. The van der Waals surface area contributed by atoms with E-state index in [1.807, 2.05) is 31.2 Å². The van der Waals surface area contributed by atoms with Gasteiger partial charge in [-0.3, -0.25) is 4.79 Å². The van der Waals surface area contributed by atoms with Crippen LogP contribution in [0.25, 0.3) is 0 Å². The molecule has 0 heterocycles. The van der Waals surface area contributed by atoms with Crippen molar-refractivity contribution in [3.63, 3.8) is 0 Å². The second kappa shape index (κ2) is 6.16. The van der Waals surface area contributed by atoms with Crippen LogP contribution in [0.2, 0.25) is 0 Å². The normalized spacial score (nSPS) is 17.4. The SMILES string of the molecule is CCC(C(=O)NC1(C(=O)O)CCC1)c1ccc(OC)cc1. The molecule has 1 atom stereocenters. The molecule has 1 unspecified atom stereocenters. The molecule has 1 aromatic carbocycles. The van der Waals surface area contributed by atoms with Crippen LogP contribution in [-0.2, 0) is 9.59 Å². The molecule has 5 heteroatoms. The van der Waals surface area contributed by atoms with E-state index in [9.17, 15) is 14.7 Å². The average molecular weight is 291 g/mol. The summed E-state index contributed by atoms with van der Waals surface area (Å²) in [7, 11) is 1.59. The van der Waals surface area contributed by atoms with Gasteiger partial charge in [-0.15, -0.1) is 0 Å². The Bertz CT molecular complexity index is 520. The van der Waals surface area contributed by atoms with Crippen LogP contribution in [-0.4, -0.2) is 29.6 Å². The highest BCUT2D eigenvalue weighted by Gasteiger charge is 2.46. The minimum atomic E-state index is -1.06. The van der Waals surface area contributed by atoms with E-state index in [-0.39, 0.29) is 11.8 Å². The Labute approximate surface area is 124 Å². The summed E-state index contributed by atoms with van der Waals surface area (Å²) >= 11 is 0. The maximum absolute atomic E-state index is 12.4. The number of carbonyl (C=O) groups is 2. The van der Waals surface area contributed by atoms with Crippen molar-refractivity contribution in [2.24, 2.45) is 0 Å². The van der Waals surface area contributed by atoms with Crippen LogP contribution in [0.15, 0.2) is 24.3 Å². The van der Waals surface area contributed by atoms with Gasteiger partial charge >= 0.3 is 5.97 Å². The van der Waals surface area contributed by atoms with Gasteiger partial charge in [0.25, 0.3) is 0 Å². The highest BCUT2D eigenvalue weighted by atomic mass is 16.5. The number of rotatable bonds is 6. The van der Waals surface area contributed by atoms with Gasteiger partial charge in [-0.1, -0.05) is 19.1 Å². The first kappa shape index (κ1) is 15.4. The van der Waals surface area contributed by atoms with Crippen molar-refractivity contribution in [3.8, 4) is 5.75 Å². The first-order valence-electron chi connectivity index (χ1n) is 7.22. The van der Waals surface area contributed by atoms with E-state index in [2.05, 4.69) is 5.32 Å². The molecule has 1 aliphatic rings. The smallest absolute Gasteiger partial charge is 0.329 e. The number of hydrogen-bond acceptors (Lipinski definition) is 3. The highest BCUT2D eigenvalue weighted by Crippen LogP contribution is 2.33. The van der Waals surface area contributed by atoms with Gasteiger partial charge in [0.05, 0.1) is 13.0 Å². The summed E-state index contributed by atoms with van der Waals surface area (Å²) in [5.41, 5.74) is -0.188. The van der Waals surface area contributed by atoms with Crippen molar-refractivity contribution in [2.45, 2.75) is 44.1 Å². The van der Waals surface area contributed by atoms with Crippen molar-refractivity contribution in [3.05, 3.63) is 29.8 Å². The maximum Gasteiger partial charge on any atom is 0.329 e. The Hall–Kier alpha value is -2.04. The predicted octanol–water partition coefficient (Wildman–Crippen LogP) is 2.31. The minimum absolute atomic E-state index is 0.218. The number of hydrogen-bond donors (Lipinski definition) is 2. The molecule has 1 amide bonds. The second-order valence-electron chi connectivity index (χ2n) is 5.46. The Morgan fingerprint density at radius 3 is 2.33 bits per heavy atom. The molecule has 0 bridgehead atoms. The van der Waals surface area contributed by atoms with Crippen LogP contribution in [0.1, 0.15) is 44.1 Å². The number of carboxylic acid groups (broad SMARTS) is 1. The zero-order valence-corrected chi connectivity index (χ0v) is 12.4. The van der Waals surface area contributed by atoms with E-state index in [4.69, 9.17) is 4.74 Å². The summed E-state index contributed by atoms with van der Waals surface area (Å²) in [6, 6.07) is 7.31. The van der Waals surface area contributed by atoms with Crippen molar-refractivity contribution in [1.82, 2.24) is 5.32 Å². The lowest BCUT2D eigenvalue weighted by molar-refractivity contribution is -0.152. The molecular weight excluding hydrogens is 270 g/mol. The molecule has 0 saturated heterocycles. The van der Waals surface area contributed by atoms with Crippen LogP contribution in [0.4, 0.5) is 0 Å². The van der Waals surface area contributed by atoms with Crippen molar-refractivity contribution in [1.29, 1.82) is 0 Å². The van der Waals surface area contributed by atoms with Gasteiger partial charge in [0.2, 0.25) is 5.91 Å². The van der Waals surface area contributed by atoms with Gasteiger partial charge in [0, 0.05) is 0 Å². The number of carbonyl (C=O) groups excluding carboxylic acids is 1. The van der Waals surface area contributed by atoms with E-state index < -0.39 is 11.5 Å². The lowest BCUT2D eigenvalue weighted by Crippen LogP contribution is -2.59. The Balaban J connectivity index is 2.12. The molecule has 1 aliphatic carbocycles. The lowest BCUT2D eigenvalue weighted by Gasteiger charge is -2.39. The monoisotopic (exact) mass is 291 g/mol. The van der Waals surface area contributed by atoms with Crippen molar-refractivity contribution >= 4 is 11.9 Å². The zero-order chi connectivity index (χ0) is 15.5. The van der Waals surface area contributed by atoms with Crippen LogP contribution in [0, 0.1) is 0 Å². The summed E-state index contributed by atoms with van der Waals surface area (Å²) in [5, 5.41) is 12.0. The topological polar surface area (TPSA) is 75.6 Å². The summed E-state index contributed by atoms with van der Waals surface area (Å²) in [6.07, 6.45) is 2.47. The number of amides is 1. The summed E-state index contributed by atoms with van der Waals surface area (Å²) in [5.74, 6) is -0.765. The Morgan fingerprint density at radius 2 is 1.95 bits per heavy atom. The summed E-state index contributed by atoms with van der Waals surface area (Å²) in [6.45, 7) is 1.92. The number of carboxylic acids is 1. The molecule has 1 saturated carbocycles. The van der Waals surface area contributed by atoms with Crippen LogP contribution >= 0.6 is 0 Å². The van der Waals surface area contributed by atoms with E-state index in [1.54, 1.807) is 7.11 Å². The third-order valence-corrected chi connectivity index (χ3v) is 4.22. The molecular formula is C16H21NO4. The number of benzene rings is 1. The summed E-state index contributed by atoms with van der Waals surface area (Å²) in [4.78, 5) is 23.8. The van der Waals surface area contributed by atoms with Crippen molar-refractivity contribution < 1.29 is 19.4 Å². The molecule has 2 N–H and O–H groups in total. The van der Waals surface area contributed by atoms with Crippen LogP contribution in [0.3, 0.4) is 0 Å². The van der Waals surface area contributed by atoms with Crippen LogP contribution < -0.4 is 10.1 Å². The molecule has 0 aliphatic heterocycles. The molecule has 114 valence electrons. The fourth-order valence-electron chi connectivity index (χ4n) is 2.65. The largest absolute Gasteiger partial charge is 0.497 e. The fraction of sp³-hybridized carbons (Fsp3) is 0.500. The standard InChI is InChI=1S/C16H21NO4/c1-3-13(11-5-7-12(21-2)8-6-11)14(18)17-16(15(19)20)9-4-10-16/h5-8,13H,3-4,9-10H2,1-2H3,(H,17,18)(H,19,20). The van der Waals surface area contributed by atoms with Gasteiger partial charge in [0.1, 0.15) is 11.3 Å². The quantitative estimate of drug-likeness (QED) is 0.843. The van der Waals surface area contributed by atoms with E-state index in [0.29, 0.717) is 19.3 Å². The van der Waals surface area contributed by atoms with E-state index >= 15 is 0 Å². The summed E-state index contributed by atoms with van der Waals surface area (Å²) < 4.78 is 5.10. The van der Waals surface area contributed by atoms with Crippen LogP contribution in [0.5, 0.6) is 5.75 Å². The molecule has 0 radical (unpaired) electrons. The van der Waals surface area contributed by atoms with E-state index in [1.165, 1.54) is 0 Å². The lowest BCUT2D eigenvalue weighted by atomic mass is 9.76. The molecule has 0 aromatic heterocycles. The molecule has 1 aromatic rings. The fourth-order valence-corrected chi connectivity index (χ4v) is 2.65. The Morgan fingerprint density at radius 1 is 1.33 bits per heavy atom. The minimum Gasteiger partial charge on any atom is -0.497 e. The molecule has 2 rings (SSSR count). The third kappa shape index (κ3) is 3.01. The van der Waals surface area contributed by atoms with Gasteiger partial charge in [-0.05, 0) is 43.4 Å². The molecule has 0 spiro atoms. The average Bonchev–Trinajstić information content (AvgIpc) is 2.44. The molecule has 5 nitrogen and oxygen atoms in total.